The Hall–Kier alpha value is -1.06. The Morgan fingerprint density at radius 2 is 2.00 bits per heavy atom. The van der Waals surface area contributed by atoms with Gasteiger partial charge in [-0.05, 0) is 97.3 Å². The SMILES string of the molecule is C[C@]12CC[C@@H]3c4cc(CCCO)c(O)cc4CC[C@H]3[C@@H]1CC[C@@H]2O. The van der Waals surface area contributed by atoms with Crippen molar-refractivity contribution in [2.45, 2.75) is 70.3 Å². The average molecular weight is 330 g/mol. The number of aliphatic hydroxyl groups excluding tert-OH is 2. The Labute approximate surface area is 144 Å². The van der Waals surface area contributed by atoms with Crippen molar-refractivity contribution in [3.8, 4) is 5.75 Å². The van der Waals surface area contributed by atoms with Crippen molar-refractivity contribution in [3.63, 3.8) is 0 Å². The van der Waals surface area contributed by atoms with Gasteiger partial charge < -0.3 is 15.3 Å². The number of phenolic OH excluding ortho intramolecular Hbond substituents is 1. The van der Waals surface area contributed by atoms with E-state index in [0.717, 1.165) is 37.7 Å². The number of hydrogen-bond donors (Lipinski definition) is 3. The molecule has 0 aromatic heterocycles. The summed E-state index contributed by atoms with van der Waals surface area (Å²) in [7, 11) is 0. The third-order valence-corrected chi connectivity index (χ3v) is 7.48. The van der Waals surface area contributed by atoms with Gasteiger partial charge in [0.1, 0.15) is 5.75 Å². The first kappa shape index (κ1) is 16.4. The molecule has 2 fully saturated rings. The molecule has 1 aromatic carbocycles. The van der Waals surface area contributed by atoms with E-state index in [1.807, 2.05) is 6.07 Å². The second-order valence-corrected chi connectivity index (χ2v) is 8.56. The molecule has 0 aliphatic heterocycles. The number of phenols is 1. The molecule has 5 atom stereocenters. The lowest BCUT2D eigenvalue weighted by atomic mass is 9.55. The number of fused-ring (bicyclic) bond motifs is 5. The van der Waals surface area contributed by atoms with Crippen LogP contribution < -0.4 is 0 Å². The first-order chi connectivity index (χ1) is 11.5. The highest BCUT2D eigenvalue weighted by Crippen LogP contribution is 2.61. The molecule has 3 nitrogen and oxygen atoms in total. The first-order valence-corrected chi connectivity index (χ1v) is 9.68. The number of aromatic hydroxyl groups is 1. The molecule has 3 heteroatoms. The molecule has 0 radical (unpaired) electrons. The Kier molecular flexibility index (Phi) is 4.12. The monoisotopic (exact) mass is 330 g/mol. The van der Waals surface area contributed by atoms with E-state index in [9.17, 15) is 10.2 Å². The second-order valence-electron chi connectivity index (χ2n) is 8.56. The van der Waals surface area contributed by atoms with Crippen molar-refractivity contribution in [2.75, 3.05) is 6.61 Å². The molecule has 0 saturated heterocycles. The fourth-order valence-corrected chi connectivity index (χ4v) is 6.10. The zero-order chi connectivity index (χ0) is 16.9. The van der Waals surface area contributed by atoms with Crippen LogP contribution in [0.1, 0.15) is 68.1 Å². The summed E-state index contributed by atoms with van der Waals surface area (Å²) in [5.74, 6) is 2.32. The second kappa shape index (κ2) is 6.03. The summed E-state index contributed by atoms with van der Waals surface area (Å²) >= 11 is 0. The fraction of sp³-hybridized carbons (Fsp3) is 0.714. The van der Waals surface area contributed by atoms with E-state index in [0.29, 0.717) is 29.9 Å². The largest absolute Gasteiger partial charge is 0.508 e. The third-order valence-electron chi connectivity index (χ3n) is 7.48. The molecule has 0 spiro atoms. The van der Waals surface area contributed by atoms with Crippen LogP contribution in [0.25, 0.3) is 0 Å². The fourth-order valence-electron chi connectivity index (χ4n) is 6.10. The standard InChI is InChI=1S/C21H30O3/c1-21-9-8-15-16(18(21)6-7-20(21)24)5-4-13-12-19(23)14(3-2-10-22)11-17(13)15/h11-12,15-16,18,20,22-24H,2-10H2,1H3/t15-,16+,18-,20-,21-/m0/s1. The van der Waals surface area contributed by atoms with Gasteiger partial charge in [-0.2, -0.15) is 0 Å². The van der Waals surface area contributed by atoms with Crippen LogP contribution in [0.4, 0.5) is 0 Å². The molecule has 0 heterocycles. The van der Waals surface area contributed by atoms with Gasteiger partial charge in [0.2, 0.25) is 0 Å². The Bertz CT molecular complexity index is 626. The van der Waals surface area contributed by atoms with E-state index in [1.165, 1.54) is 24.0 Å². The van der Waals surface area contributed by atoms with Crippen molar-refractivity contribution in [1.82, 2.24) is 0 Å². The molecule has 4 rings (SSSR count). The number of hydrogen-bond acceptors (Lipinski definition) is 3. The van der Waals surface area contributed by atoms with Crippen LogP contribution in [0, 0.1) is 17.3 Å². The molecule has 132 valence electrons. The summed E-state index contributed by atoms with van der Waals surface area (Å²) in [6.07, 6.45) is 7.98. The number of benzene rings is 1. The van der Waals surface area contributed by atoms with Gasteiger partial charge >= 0.3 is 0 Å². The summed E-state index contributed by atoms with van der Waals surface area (Å²) in [5, 5.41) is 29.9. The third kappa shape index (κ3) is 2.40. The Morgan fingerprint density at radius 3 is 2.79 bits per heavy atom. The van der Waals surface area contributed by atoms with Crippen LogP contribution in [0.3, 0.4) is 0 Å². The minimum Gasteiger partial charge on any atom is -0.508 e. The summed E-state index contributed by atoms with van der Waals surface area (Å²) in [6, 6.07) is 4.21. The van der Waals surface area contributed by atoms with Crippen LogP contribution in [0.2, 0.25) is 0 Å². The topological polar surface area (TPSA) is 60.7 Å². The van der Waals surface area contributed by atoms with Gasteiger partial charge in [0.05, 0.1) is 6.10 Å². The van der Waals surface area contributed by atoms with Crippen molar-refractivity contribution in [3.05, 3.63) is 28.8 Å². The van der Waals surface area contributed by atoms with Crippen molar-refractivity contribution >= 4 is 0 Å². The summed E-state index contributed by atoms with van der Waals surface area (Å²) in [5.41, 5.74) is 3.88. The molecule has 3 aliphatic carbocycles. The van der Waals surface area contributed by atoms with E-state index in [-0.39, 0.29) is 18.1 Å². The van der Waals surface area contributed by atoms with E-state index in [2.05, 4.69) is 13.0 Å². The van der Waals surface area contributed by atoms with Crippen LogP contribution in [0.15, 0.2) is 12.1 Å². The van der Waals surface area contributed by atoms with Crippen LogP contribution in [0.5, 0.6) is 5.75 Å². The normalized spacial score (nSPS) is 37.6. The molecule has 1 aromatic rings. The molecule has 3 N–H and O–H groups in total. The van der Waals surface area contributed by atoms with Gasteiger partial charge in [-0.25, -0.2) is 0 Å². The van der Waals surface area contributed by atoms with E-state index < -0.39 is 0 Å². The summed E-state index contributed by atoms with van der Waals surface area (Å²) in [4.78, 5) is 0. The van der Waals surface area contributed by atoms with Crippen molar-refractivity contribution in [1.29, 1.82) is 0 Å². The summed E-state index contributed by atoms with van der Waals surface area (Å²) in [6.45, 7) is 2.48. The highest BCUT2D eigenvalue weighted by Gasteiger charge is 2.54. The minimum absolute atomic E-state index is 0.120. The number of aryl methyl sites for hydroxylation is 2. The molecule has 0 bridgehead atoms. The van der Waals surface area contributed by atoms with Gasteiger partial charge in [-0.3, -0.25) is 0 Å². The van der Waals surface area contributed by atoms with E-state index in [4.69, 9.17) is 5.11 Å². The maximum atomic E-state index is 10.5. The Balaban J connectivity index is 1.66. The predicted molar refractivity (Wildman–Crippen MR) is 94.1 cm³/mol. The molecular weight excluding hydrogens is 300 g/mol. The lowest BCUT2D eigenvalue weighted by Gasteiger charge is -2.50. The Morgan fingerprint density at radius 1 is 1.17 bits per heavy atom. The zero-order valence-electron chi connectivity index (χ0n) is 14.7. The maximum absolute atomic E-state index is 10.5. The smallest absolute Gasteiger partial charge is 0.119 e. The molecular formula is C21H30O3. The number of rotatable bonds is 3. The highest BCUT2D eigenvalue weighted by molar-refractivity contribution is 5.45. The quantitative estimate of drug-likeness (QED) is 0.794. The minimum atomic E-state index is -0.121. The zero-order valence-corrected chi connectivity index (χ0v) is 14.7. The predicted octanol–water partition coefficient (Wildman–Crippen LogP) is 3.53. The van der Waals surface area contributed by atoms with Crippen LogP contribution in [-0.4, -0.2) is 28.0 Å². The molecule has 2 saturated carbocycles. The molecule has 24 heavy (non-hydrogen) atoms. The van der Waals surface area contributed by atoms with Crippen molar-refractivity contribution in [2.24, 2.45) is 17.3 Å². The van der Waals surface area contributed by atoms with Gasteiger partial charge in [0.25, 0.3) is 0 Å². The van der Waals surface area contributed by atoms with E-state index in [1.54, 1.807) is 0 Å². The molecule has 0 unspecified atom stereocenters. The molecule has 0 amide bonds. The van der Waals surface area contributed by atoms with Gasteiger partial charge in [0.15, 0.2) is 0 Å². The van der Waals surface area contributed by atoms with Crippen molar-refractivity contribution < 1.29 is 15.3 Å². The maximum Gasteiger partial charge on any atom is 0.119 e. The molecule has 3 aliphatic rings. The van der Waals surface area contributed by atoms with Gasteiger partial charge in [0, 0.05) is 6.61 Å². The van der Waals surface area contributed by atoms with E-state index >= 15 is 0 Å². The van der Waals surface area contributed by atoms with Gasteiger partial charge in [-0.1, -0.05) is 13.0 Å². The van der Waals surface area contributed by atoms with Crippen LogP contribution >= 0.6 is 0 Å². The van der Waals surface area contributed by atoms with Gasteiger partial charge in [-0.15, -0.1) is 0 Å². The lowest BCUT2D eigenvalue weighted by molar-refractivity contribution is -0.0226. The lowest BCUT2D eigenvalue weighted by Crippen LogP contribution is -2.43. The van der Waals surface area contributed by atoms with Crippen LogP contribution in [-0.2, 0) is 12.8 Å². The first-order valence-electron chi connectivity index (χ1n) is 9.68. The summed E-state index contributed by atoms with van der Waals surface area (Å²) < 4.78 is 0. The highest BCUT2D eigenvalue weighted by atomic mass is 16.3. The number of aliphatic hydroxyl groups is 2. The average Bonchev–Trinajstić information content (AvgIpc) is 2.88.